The Balaban J connectivity index is 2.17. The minimum Gasteiger partial charge on any atom is -0.304 e. The van der Waals surface area contributed by atoms with Crippen LogP contribution >= 0.6 is 0 Å². The second-order valence-electron chi connectivity index (χ2n) is 6.55. The number of unbranched alkanes of at least 4 members (excludes halogenated alkanes) is 5. The molecule has 2 atom stereocenters. The molecule has 0 bridgehead atoms. The van der Waals surface area contributed by atoms with Crippen LogP contribution in [0.25, 0.3) is 0 Å². The predicted octanol–water partition coefficient (Wildman–Crippen LogP) is 2.20. The van der Waals surface area contributed by atoms with Crippen LogP contribution in [0.1, 0.15) is 58.3 Å². The fourth-order valence-corrected chi connectivity index (χ4v) is 3.12. The van der Waals surface area contributed by atoms with Crippen LogP contribution in [0.15, 0.2) is 0 Å². The van der Waals surface area contributed by atoms with Crippen molar-refractivity contribution in [2.45, 2.75) is 70.4 Å². The van der Waals surface area contributed by atoms with Gasteiger partial charge in [0.2, 0.25) is 0 Å². The van der Waals surface area contributed by atoms with Crippen molar-refractivity contribution < 1.29 is 0 Å². The lowest BCUT2D eigenvalue weighted by molar-refractivity contribution is 0.0998. The molecule has 4 heteroatoms. The molecule has 2 unspecified atom stereocenters. The summed E-state index contributed by atoms with van der Waals surface area (Å²) in [7, 11) is 4.47. The lowest BCUT2D eigenvalue weighted by atomic mass is 9.98. The summed E-state index contributed by atoms with van der Waals surface area (Å²) < 4.78 is 0. The van der Waals surface area contributed by atoms with Crippen molar-refractivity contribution >= 4 is 0 Å². The highest BCUT2D eigenvalue weighted by Gasteiger charge is 2.24. The van der Waals surface area contributed by atoms with Crippen LogP contribution in [-0.4, -0.2) is 55.6 Å². The number of nitrogens with zero attached hydrogens (tertiary/aromatic N) is 2. The van der Waals surface area contributed by atoms with Crippen LogP contribution < -0.4 is 11.3 Å². The van der Waals surface area contributed by atoms with E-state index in [9.17, 15) is 0 Å². The van der Waals surface area contributed by atoms with Crippen molar-refractivity contribution in [3.8, 4) is 0 Å². The Kier molecular flexibility index (Phi) is 9.44. The summed E-state index contributed by atoms with van der Waals surface area (Å²) in [4.78, 5) is 4.93. The molecule has 120 valence electrons. The minimum atomic E-state index is 0.472. The minimum absolute atomic E-state index is 0.472. The second kappa shape index (κ2) is 10.6. The maximum absolute atomic E-state index is 5.75. The van der Waals surface area contributed by atoms with Gasteiger partial charge in [-0.1, -0.05) is 45.4 Å². The monoisotopic (exact) mass is 284 g/mol. The highest BCUT2D eigenvalue weighted by atomic mass is 15.3. The maximum atomic E-state index is 5.75. The number of likely N-dealkylation sites (N-methyl/N-ethyl adjacent to an activating group) is 2. The smallest absolute Gasteiger partial charge is 0.0235 e. The van der Waals surface area contributed by atoms with Gasteiger partial charge in [-0.15, -0.1) is 0 Å². The SMILES string of the molecule is CCCCCCCCC(CC1CN(C)CCN1C)NN. The molecule has 0 saturated carbocycles. The highest BCUT2D eigenvalue weighted by Crippen LogP contribution is 2.15. The Morgan fingerprint density at radius 2 is 1.80 bits per heavy atom. The lowest BCUT2D eigenvalue weighted by Crippen LogP contribution is -2.52. The van der Waals surface area contributed by atoms with Crippen molar-refractivity contribution in [3.05, 3.63) is 0 Å². The molecular weight excluding hydrogens is 248 g/mol. The van der Waals surface area contributed by atoms with E-state index in [4.69, 9.17) is 5.84 Å². The van der Waals surface area contributed by atoms with Gasteiger partial charge in [0.25, 0.3) is 0 Å². The van der Waals surface area contributed by atoms with Crippen molar-refractivity contribution in [2.24, 2.45) is 5.84 Å². The van der Waals surface area contributed by atoms with Gasteiger partial charge < -0.3 is 9.80 Å². The fraction of sp³-hybridized carbons (Fsp3) is 1.00. The molecule has 3 N–H and O–H groups in total. The summed E-state index contributed by atoms with van der Waals surface area (Å²) in [6, 6.07) is 1.12. The largest absolute Gasteiger partial charge is 0.304 e. The van der Waals surface area contributed by atoms with Gasteiger partial charge >= 0.3 is 0 Å². The van der Waals surface area contributed by atoms with E-state index in [1.54, 1.807) is 0 Å². The van der Waals surface area contributed by atoms with Gasteiger partial charge in [0.1, 0.15) is 0 Å². The zero-order chi connectivity index (χ0) is 14.8. The summed E-state index contributed by atoms with van der Waals surface area (Å²) in [5, 5.41) is 0. The summed E-state index contributed by atoms with van der Waals surface area (Å²) in [5.74, 6) is 5.75. The number of nitrogens with two attached hydrogens (primary N) is 1. The third kappa shape index (κ3) is 7.02. The number of hydrogen-bond acceptors (Lipinski definition) is 4. The number of rotatable bonds is 10. The summed E-state index contributed by atoms with van der Waals surface area (Å²) in [6.07, 6.45) is 10.6. The summed E-state index contributed by atoms with van der Waals surface area (Å²) in [6.45, 7) is 5.80. The average molecular weight is 284 g/mol. The molecule has 0 amide bonds. The fourth-order valence-electron chi connectivity index (χ4n) is 3.12. The van der Waals surface area contributed by atoms with Gasteiger partial charge in [-0.2, -0.15) is 0 Å². The summed E-state index contributed by atoms with van der Waals surface area (Å²) >= 11 is 0. The Hall–Kier alpha value is -0.160. The normalized spacial score (nSPS) is 23.1. The molecule has 0 aromatic heterocycles. The van der Waals surface area contributed by atoms with Crippen molar-refractivity contribution in [1.29, 1.82) is 0 Å². The van der Waals surface area contributed by atoms with E-state index in [2.05, 4.69) is 36.2 Å². The molecule has 0 spiro atoms. The molecule has 20 heavy (non-hydrogen) atoms. The van der Waals surface area contributed by atoms with E-state index >= 15 is 0 Å². The molecular formula is C16H36N4. The Morgan fingerprint density at radius 1 is 1.10 bits per heavy atom. The molecule has 0 aromatic carbocycles. The van der Waals surface area contributed by atoms with E-state index in [0.29, 0.717) is 12.1 Å². The first-order chi connectivity index (χ1) is 9.67. The van der Waals surface area contributed by atoms with Crippen LogP contribution in [-0.2, 0) is 0 Å². The van der Waals surface area contributed by atoms with Gasteiger partial charge in [-0.3, -0.25) is 11.3 Å². The molecule has 0 radical (unpaired) electrons. The molecule has 1 aliphatic heterocycles. The van der Waals surface area contributed by atoms with E-state index in [1.165, 1.54) is 71.0 Å². The van der Waals surface area contributed by atoms with Gasteiger partial charge in [-0.25, -0.2) is 0 Å². The topological polar surface area (TPSA) is 44.5 Å². The molecule has 1 rings (SSSR count). The van der Waals surface area contributed by atoms with E-state index in [0.717, 1.165) is 0 Å². The van der Waals surface area contributed by atoms with E-state index in [-0.39, 0.29) is 0 Å². The molecule has 0 aromatic rings. The number of piperazine rings is 1. The van der Waals surface area contributed by atoms with Gasteiger partial charge in [-0.05, 0) is 26.9 Å². The van der Waals surface area contributed by atoms with Gasteiger partial charge in [0.15, 0.2) is 0 Å². The average Bonchev–Trinajstić information content (AvgIpc) is 2.45. The van der Waals surface area contributed by atoms with Crippen molar-refractivity contribution in [2.75, 3.05) is 33.7 Å². The summed E-state index contributed by atoms with van der Waals surface area (Å²) in [5.41, 5.74) is 3.04. The van der Waals surface area contributed by atoms with E-state index in [1.807, 2.05) is 0 Å². The third-order valence-electron chi connectivity index (χ3n) is 4.68. The Bertz CT molecular complexity index is 235. The van der Waals surface area contributed by atoms with Crippen LogP contribution in [0.3, 0.4) is 0 Å². The molecule has 4 nitrogen and oxygen atoms in total. The number of nitrogens with one attached hydrogen (secondary N) is 1. The third-order valence-corrected chi connectivity index (χ3v) is 4.68. The van der Waals surface area contributed by atoms with Crippen LogP contribution in [0, 0.1) is 0 Å². The van der Waals surface area contributed by atoms with Crippen molar-refractivity contribution in [3.63, 3.8) is 0 Å². The molecule has 1 fully saturated rings. The van der Waals surface area contributed by atoms with Crippen molar-refractivity contribution in [1.82, 2.24) is 15.2 Å². The quantitative estimate of drug-likeness (QED) is 0.367. The maximum Gasteiger partial charge on any atom is 0.0235 e. The Morgan fingerprint density at radius 3 is 2.50 bits per heavy atom. The predicted molar refractivity (Wildman–Crippen MR) is 87.6 cm³/mol. The first-order valence-electron chi connectivity index (χ1n) is 8.52. The second-order valence-corrected chi connectivity index (χ2v) is 6.55. The van der Waals surface area contributed by atoms with Crippen LogP contribution in [0.5, 0.6) is 0 Å². The molecule has 1 aliphatic rings. The lowest BCUT2D eigenvalue weighted by Gasteiger charge is -2.39. The standard InChI is InChI=1S/C16H36N4/c1-4-5-6-7-8-9-10-15(18-17)13-16-14-19(2)11-12-20(16)3/h15-16,18H,4-14,17H2,1-3H3. The van der Waals surface area contributed by atoms with Crippen LogP contribution in [0.2, 0.25) is 0 Å². The van der Waals surface area contributed by atoms with Crippen LogP contribution in [0.4, 0.5) is 0 Å². The zero-order valence-corrected chi connectivity index (χ0v) is 13.9. The molecule has 1 heterocycles. The Labute approximate surface area is 126 Å². The number of hydrazine groups is 1. The van der Waals surface area contributed by atoms with E-state index < -0.39 is 0 Å². The molecule has 0 aliphatic carbocycles. The van der Waals surface area contributed by atoms with Gasteiger partial charge in [0, 0.05) is 31.7 Å². The zero-order valence-electron chi connectivity index (χ0n) is 13.9. The first-order valence-corrected chi connectivity index (χ1v) is 8.52. The number of hydrogen-bond donors (Lipinski definition) is 2. The van der Waals surface area contributed by atoms with Gasteiger partial charge in [0.05, 0.1) is 0 Å². The first kappa shape index (κ1) is 17.9. The highest BCUT2D eigenvalue weighted by molar-refractivity contribution is 4.82. The molecule has 1 saturated heterocycles.